The Morgan fingerprint density at radius 3 is 2.68 bits per heavy atom. The second kappa shape index (κ2) is 5.05. The van der Waals surface area contributed by atoms with Crippen LogP contribution in [0, 0.1) is 11.6 Å². The standard InChI is InChI=1S/C13H13BrF2N2S/c14-9-5-8(15)6-10(16)11(9)17-12-18-13(7-19-12)3-1-2-4-13/h5-6H,1-4,7H2,(H,17,18). The van der Waals surface area contributed by atoms with Gasteiger partial charge in [-0.15, -0.1) is 0 Å². The first-order valence-corrected chi connectivity index (χ1v) is 8.00. The maximum atomic E-state index is 13.7. The zero-order valence-corrected chi connectivity index (χ0v) is 12.6. The van der Waals surface area contributed by atoms with E-state index < -0.39 is 11.6 Å². The summed E-state index contributed by atoms with van der Waals surface area (Å²) in [6.45, 7) is 0. The minimum Gasteiger partial charge on any atom is -0.332 e. The first-order chi connectivity index (χ1) is 9.08. The normalized spacial score (nSPS) is 20.9. The van der Waals surface area contributed by atoms with Gasteiger partial charge >= 0.3 is 0 Å². The van der Waals surface area contributed by atoms with E-state index in [1.165, 1.54) is 18.9 Å². The van der Waals surface area contributed by atoms with Gasteiger partial charge in [-0.1, -0.05) is 24.6 Å². The van der Waals surface area contributed by atoms with E-state index in [2.05, 4.69) is 21.2 Å². The van der Waals surface area contributed by atoms with Crippen molar-refractivity contribution in [1.82, 2.24) is 0 Å². The van der Waals surface area contributed by atoms with Crippen LogP contribution in [0.3, 0.4) is 0 Å². The number of aliphatic imine (C=N–C) groups is 1. The highest BCUT2D eigenvalue weighted by Crippen LogP contribution is 2.41. The largest absolute Gasteiger partial charge is 0.332 e. The highest BCUT2D eigenvalue weighted by atomic mass is 79.9. The Kier molecular flexibility index (Phi) is 3.55. The Hall–Kier alpha value is -0.620. The van der Waals surface area contributed by atoms with Crippen LogP contribution in [-0.4, -0.2) is 16.5 Å². The molecule has 0 amide bonds. The lowest BCUT2D eigenvalue weighted by molar-refractivity contribution is 0.508. The number of hydrogen-bond donors (Lipinski definition) is 1. The smallest absolute Gasteiger partial charge is 0.161 e. The van der Waals surface area contributed by atoms with E-state index >= 15 is 0 Å². The average Bonchev–Trinajstić information content (AvgIpc) is 2.95. The molecule has 1 heterocycles. The van der Waals surface area contributed by atoms with Crippen LogP contribution in [0.5, 0.6) is 0 Å². The summed E-state index contributed by atoms with van der Waals surface area (Å²) in [7, 11) is 0. The zero-order chi connectivity index (χ0) is 13.5. The molecule has 1 aromatic carbocycles. The van der Waals surface area contributed by atoms with Gasteiger partial charge in [0.1, 0.15) is 5.82 Å². The van der Waals surface area contributed by atoms with Gasteiger partial charge in [0.25, 0.3) is 0 Å². The van der Waals surface area contributed by atoms with Crippen LogP contribution >= 0.6 is 27.7 Å². The summed E-state index contributed by atoms with van der Waals surface area (Å²) >= 11 is 4.79. The number of nitrogens with zero attached hydrogens (tertiary/aromatic N) is 1. The van der Waals surface area contributed by atoms with Gasteiger partial charge in [0.15, 0.2) is 11.0 Å². The predicted molar refractivity (Wildman–Crippen MR) is 78.8 cm³/mol. The zero-order valence-electron chi connectivity index (χ0n) is 10.2. The molecule has 0 atom stereocenters. The highest BCUT2D eigenvalue weighted by molar-refractivity contribution is 9.10. The van der Waals surface area contributed by atoms with E-state index in [0.717, 1.165) is 29.8 Å². The van der Waals surface area contributed by atoms with Crippen LogP contribution in [0.1, 0.15) is 25.7 Å². The quantitative estimate of drug-likeness (QED) is 0.806. The number of benzene rings is 1. The van der Waals surface area contributed by atoms with Crippen LogP contribution in [0.2, 0.25) is 0 Å². The van der Waals surface area contributed by atoms with Crippen molar-refractivity contribution >= 4 is 38.5 Å². The Morgan fingerprint density at radius 1 is 1.26 bits per heavy atom. The molecular weight excluding hydrogens is 334 g/mol. The van der Waals surface area contributed by atoms with Gasteiger partial charge in [-0.05, 0) is 34.8 Å². The summed E-state index contributed by atoms with van der Waals surface area (Å²) in [4.78, 5) is 4.71. The van der Waals surface area contributed by atoms with Gasteiger partial charge < -0.3 is 5.32 Å². The van der Waals surface area contributed by atoms with Crippen LogP contribution in [0.15, 0.2) is 21.6 Å². The molecule has 1 fully saturated rings. The molecule has 1 aliphatic heterocycles. The summed E-state index contributed by atoms with van der Waals surface area (Å²) in [5, 5.41) is 3.71. The molecular formula is C13H13BrF2N2S. The molecule has 1 N–H and O–H groups in total. The van der Waals surface area contributed by atoms with E-state index in [1.54, 1.807) is 11.8 Å². The molecule has 0 aromatic heterocycles. The summed E-state index contributed by atoms with van der Waals surface area (Å²) in [6, 6.07) is 2.12. The van der Waals surface area contributed by atoms with Crippen LogP contribution < -0.4 is 5.32 Å². The second-order valence-electron chi connectivity index (χ2n) is 5.01. The van der Waals surface area contributed by atoms with Crippen molar-refractivity contribution in [3.8, 4) is 0 Å². The number of thioether (sulfide) groups is 1. The summed E-state index contributed by atoms with van der Waals surface area (Å²) in [5.41, 5.74) is 0.304. The van der Waals surface area contributed by atoms with Gasteiger partial charge in [-0.2, -0.15) is 0 Å². The lowest BCUT2D eigenvalue weighted by Crippen LogP contribution is -2.21. The second-order valence-corrected chi connectivity index (χ2v) is 6.82. The topological polar surface area (TPSA) is 24.4 Å². The summed E-state index contributed by atoms with van der Waals surface area (Å²) in [6.07, 6.45) is 4.65. The minimum atomic E-state index is -0.609. The maximum Gasteiger partial charge on any atom is 0.161 e. The Balaban J connectivity index is 1.83. The minimum absolute atomic E-state index is 0.0516. The van der Waals surface area contributed by atoms with Crippen molar-refractivity contribution in [1.29, 1.82) is 0 Å². The van der Waals surface area contributed by atoms with E-state index in [0.29, 0.717) is 4.47 Å². The fourth-order valence-electron chi connectivity index (χ4n) is 2.60. The van der Waals surface area contributed by atoms with Crippen molar-refractivity contribution in [2.45, 2.75) is 31.2 Å². The number of halogens is 3. The number of hydrogen-bond acceptors (Lipinski definition) is 3. The molecule has 1 aliphatic carbocycles. The number of amidine groups is 1. The van der Waals surface area contributed by atoms with E-state index in [-0.39, 0.29) is 11.2 Å². The third kappa shape index (κ3) is 2.65. The van der Waals surface area contributed by atoms with Gasteiger partial charge in [0.05, 0.1) is 11.2 Å². The third-order valence-electron chi connectivity index (χ3n) is 3.59. The lowest BCUT2D eigenvalue weighted by atomic mass is 10.0. The molecule has 0 bridgehead atoms. The molecule has 19 heavy (non-hydrogen) atoms. The molecule has 1 aromatic rings. The molecule has 6 heteroatoms. The number of rotatable bonds is 1. The fraction of sp³-hybridized carbons (Fsp3) is 0.462. The highest BCUT2D eigenvalue weighted by Gasteiger charge is 2.38. The fourth-order valence-corrected chi connectivity index (χ4v) is 4.30. The molecule has 1 saturated carbocycles. The van der Waals surface area contributed by atoms with Crippen molar-refractivity contribution in [3.05, 3.63) is 28.2 Å². The number of nitrogens with one attached hydrogen (secondary N) is 1. The van der Waals surface area contributed by atoms with Crippen LogP contribution in [-0.2, 0) is 0 Å². The van der Waals surface area contributed by atoms with Gasteiger partial charge in [0.2, 0.25) is 0 Å². The molecule has 102 valence electrons. The maximum absolute atomic E-state index is 13.7. The van der Waals surface area contributed by atoms with Crippen LogP contribution in [0.4, 0.5) is 14.5 Å². The molecule has 0 radical (unpaired) electrons. The van der Waals surface area contributed by atoms with Gasteiger partial charge in [0, 0.05) is 16.3 Å². The van der Waals surface area contributed by atoms with Gasteiger partial charge in [-0.3, -0.25) is 4.99 Å². The SMILES string of the molecule is Fc1cc(F)c(NC2=NC3(CCCC3)CS2)c(Br)c1. The van der Waals surface area contributed by atoms with E-state index in [9.17, 15) is 8.78 Å². The van der Waals surface area contributed by atoms with Crippen molar-refractivity contribution < 1.29 is 8.78 Å². The predicted octanol–water partition coefficient (Wildman–Crippen LogP) is 4.55. The lowest BCUT2D eigenvalue weighted by Gasteiger charge is -2.16. The van der Waals surface area contributed by atoms with Crippen molar-refractivity contribution in [3.63, 3.8) is 0 Å². The Morgan fingerprint density at radius 2 is 2.00 bits per heavy atom. The molecule has 0 saturated heterocycles. The first kappa shape index (κ1) is 13.4. The van der Waals surface area contributed by atoms with Crippen LogP contribution in [0.25, 0.3) is 0 Å². The van der Waals surface area contributed by atoms with Crippen molar-refractivity contribution in [2.24, 2.45) is 4.99 Å². The Bertz CT molecular complexity index is 518. The average molecular weight is 347 g/mol. The number of anilines is 1. The molecule has 3 rings (SSSR count). The first-order valence-electron chi connectivity index (χ1n) is 6.22. The third-order valence-corrected chi connectivity index (χ3v) is 5.36. The molecule has 0 unspecified atom stereocenters. The van der Waals surface area contributed by atoms with E-state index in [1.807, 2.05) is 0 Å². The molecule has 2 nitrogen and oxygen atoms in total. The Labute approximate surface area is 123 Å². The molecule has 1 spiro atoms. The monoisotopic (exact) mass is 346 g/mol. The van der Waals surface area contributed by atoms with E-state index in [4.69, 9.17) is 4.99 Å². The molecule has 2 aliphatic rings. The van der Waals surface area contributed by atoms with Gasteiger partial charge in [-0.25, -0.2) is 8.78 Å². The van der Waals surface area contributed by atoms with Crippen molar-refractivity contribution in [2.75, 3.05) is 11.1 Å². The summed E-state index contributed by atoms with van der Waals surface area (Å²) < 4.78 is 27.1. The summed E-state index contributed by atoms with van der Waals surface area (Å²) in [5.74, 6) is -0.249.